The van der Waals surface area contributed by atoms with E-state index in [1.54, 1.807) is 13.8 Å². The molecule has 0 unspecified atom stereocenters. The Morgan fingerprint density at radius 1 is 1.38 bits per heavy atom. The molecule has 0 spiro atoms. The van der Waals surface area contributed by atoms with Crippen molar-refractivity contribution in [3.05, 3.63) is 0 Å². The third-order valence-corrected chi connectivity index (χ3v) is 2.42. The molecule has 0 aromatic heterocycles. The lowest BCUT2D eigenvalue weighted by atomic mass is 10.1. The molecule has 0 atom stereocenters. The maximum Gasteiger partial charge on any atom is 0.234 e. The monoisotopic (exact) mass is 230 g/mol. The quantitative estimate of drug-likeness (QED) is 0.686. The van der Waals surface area contributed by atoms with Gasteiger partial charge in [0.15, 0.2) is 0 Å². The van der Waals surface area contributed by atoms with Crippen LogP contribution in [0.3, 0.4) is 0 Å². The van der Waals surface area contributed by atoms with Crippen LogP contribution in [0.2, 0.25) is 0 Å². The fourth-order valence-electron chi connectivity index (χ4n) is 1.73. The van der Waals surface area contributed by atoms with E-state index in [0.29, 0.717) is 13.1 Å². The molecular weight excluding hydrogens is 204 g/mol. The minimum Gasteiger partial charge on any atom is -0.389 e. The Labute approximate surface area is 99.0 Å². The molecule has 0 rings (SSSR count). The van der Waals surface area contributed by atoms with Crippen LogP contribution < -0.4 is 5.32 Å². The van der Waals surface area contributed by atoms with E-state index in [1.165, 1.54) is 0 Å². The second-order valence-corrected chi connectivity index (χ2v) is 5.07. The number of rotatable bonds is 7. The zero-order valence-electron chi connectivity index (χ0n) is 11.2. The van der Waals surface area contributed by atoms with Gasteiger partial charge in [-0.3, -0.25) is 9.69 Å². The van der Waals surface area contributed by atoms with E-state index in [4.69, 9.17) is 0 Å². The normalized spacial score (nSPS) is 12.2. The van der Waals surface area contributed by atoms with Crippen LogP contribution in [0.15, 0.2) is 0 Å². The van der Waals surface area contributed by atoms with Crippen molar-refractivity contribution >= 4 is 5.91 Å². The zero-order chi connectivity index (χ0) is 12.8. The Balaban J connectivity index is 3.95. The van der Waals surface area contributed by atoms with Gasteiger partial charge in [-0.25, -0.2) is 0 Å². The van der Waals surface area contributed by atoms with Gasteiger partial charge in [0.25, 0.3) is 0 Å². The predicted octanol–water partition coefficient (Wildman–Crippen LogP) is 0.994. The first-order valence-corrected chi connectivity index (χ1v) is 5.98. The topological polar surface area (TPSA) is 52.6 Å². The molecule has 0 aromatic carbocycles. The summed E-state index contributed by atoms with van der Waals surface area (Å²) in [5.74, 6) is 0.0282. The lowest BCUT2D eigenvalue weighted by Crippen LogP contribution is -2.44. The van der Waals surface area contributed by atoms with Gasteiger partial charge in [0.2, 0.25) is 5.91 Å². The molecule has 0 aromatic rings. The number of amides is 1. The molecule has 4 nitrogen and oxygen atoms in total. The molecule has 0 aliphatic heterocycles. The van der Waals surface area contributed by atoms with Crippen LogP contribution in [-0.2, 0) is 4.79 Å². The molecule has 0 heterocycles. The fourth-order valence-corrected chi connectivity index (χ4v) is 1.73. The molecule has 0 fully saturated rings. The molecule has 0 saturated heterocycles. The van der Waals surface area contributed by atoms with Crippen LogP contribution in [0.1, 0.15) is 40.5 Å². The number of nitrogens with zero attached hydrogens (tertiary/aromatic N) is 1. The van der Waals surface area contributed by atoms with E-state index in [2.05, 4.69) is 19.2 Å². The summed E-state index contributed by atoms with van der Waals surface area (Å²) in [7, 11) is 1.84. The van der Waals surface area contributed by atoms with Gasteiger partial charge in [-0.05, 0) is 33.7 Å². The second-order valence-electron chi connectivity index (χ2n) is 5.07. The third kappa shape index (κ3) is 7.65. The van der Waals surface area contributed by atoms with Gasteiger partial charge in [0.1, 0.15) is 0 Å². The van der Waals surface area contributed by atoms with E-state index in [9.17, 15) is 9.90 Å². The van der Waals surface area contributed by atoms with Gasteiger partial charge >= 0.3 is 0 Å². The molecular formula is C12H26N2O2. The SMILES string of the molecule is CCC(CC)NC(=O)CN(C)CC(C)(C)O. The lowest BCUT2D eigenvalue weighted by Gasteiger charge is -2.25. The Hall–Kier alpha value is -0.610. The number of hydrogen-bond acceptors (Lipinski definition) is 3. The number of hydrogen-bond donors (Lipinski definition) is 2. The molecule has 0 aliphatic rings. The Morgan fingerprint density at radius 2 is 1.88 bits per heavy atom. The summed E-state index contributed by atoms with van der Waals surface area (Å²) in [4.78, 5) is 13.5. The van der Waals surface area contributed by atoms with Crippen molar-refractivity contribution in [1.29, 1.82) is 0 Å². The highest BCUT2D eigenvalue weighted by molar-refractivity contribution is 5.78. The van der Waals surface area contributed by atoms with Gasteiger partial charge < -0.3 is 10.4 Å². The van der Waals surface area contributed by atoms with Gasteiger partial charge in [-0.1, -0.05) is 13.8 Å². The molecule has 0 aliphatic carbocycles. The summed E-state index contributed by atoms with van der Waals surface area (Å²) < 4.78 is 0. The first-order chi connectivity index (χ1) is 7.28. The van der Waals surface area contributed by atoms with E-state index < -0.39 is 5.60 Å². The largest absolute Gasteiger partial charge is 0.389 e. The molecule has 4 heteroatoms. The number of likely N-dealkylation sites (N-methyl/N-ethyl adjacent to an activating group) is 1. The van der Waals surface area contributed by atoms with Gasteiger partial charge in [0.05, 0.1) is 12.1 Å². The number of nitrogens with one attached hydrogen (secondary N) is 1. The average Bonchev–Trinajstić information content (AvgIpc) is 2.10. The Morgan fingerprint density at radius 3 is 2.25 bits per heavy atom. The predicted molar refractivity (Wildman–Crippen MR) is 66.3 cm³/mol. The number of carbonyl (C=O) groups is 1. The van der Waals surface area contributed by atoms with Crippen molar-refractivity contribution in [3.63, 3.8) is 0 Å². The van der Waals surface area contributed by atoms with E-state index in [-0.39, 0.29) is 11.9 Å². The third-order valence-electron chi connectivity index (χ3n) is 2.42. The van der Waals surface area contributed by atoms with Gasteiger partial charge in [-0.2, -0.15) is 0 Å². The molecule has 0 saturated carbocycles. The molecule has 2 N–H and O–H groups in total. The van der Waals surface area contributed by atoms with E-state index in [0.717, 1.165) is 12.8 Å². The molecule has 0 radical (unpaired) electrons. The maximum absolute atomic E-state index is 11.6. The van der Waals surface area contributed by atoms with Crippen molar-refractivity contribution in [1.82, 2.24) is 10.2 Å². The number of aliphatic hydroxyl groups is 1. The van der Waals surface area contributed by atoms with Crippen molar-refractivity contribution in [2.24, 2.45) is 0 Å². The molecule has 1 amide bonds. The molecule has 0 bridgehead atoms. The van der Waals surface area contributed by atoms with Crippen LogP contribution in [0, 0.1) is 0 Å². The highest BCUT2D eigenvalue weighted by Gasteiger charge is 2.18. The smallest absolute Gasteiger partial charge is 0.234 e. The summed E-state index contributed by atoms with van der Waals surface area (Å²) in [5.41, 5.74) is -0.760. The highest BCUT2D eigenvalue weighted by Crippen LogP contribution is 2.03. The maximum atomic E-state index is 11.6. The summed E-state index contributed by atoms with van der Waals surface area (Å²) in [6.45, 7) is 8.43. The number of carbonyl (C=O) groups excluding carboxylic acids is 1. The first-order valence-electron chi connectivity index (χ1n) is 5.98. The fraction of sp³-hybridized carbons (Fsp3) is 0.917. The lowest BCUT2D eigenvalue weighted by molar-refractivity contribution is -0.123. The standard InChI is InChI=1S/C12H26N2O2/c1-6-10(7-2)13-11(15)8-14(5)9-12(3,4)16/h10,16H,6-9H2,1-5H3,(H,13,15). The van der Waals surface area contributed by atoms with Crippen LogP contribution in [0.4, 0.5) is 0 Å². The van der Waals surface area contributed by atoms with Crippen molar-refractivity contribution in [2.75, 3.05) is 20.1 Å². The van der Waals surface area contributed by atoms with Crippen LogP contribution in [0.25, 0.3) is 0 Å². The summed E-state index contributed by atoms with van der Waals surface area (Å²) in [6.07, 6.45) is 1.91. The Kier molecular flexibility index (Phi) is 6.60. The first kappa shape index (κ1) is 15.4. The Bertz CT molecular complexity index is 208. The summed E-state index contributed by atoms with van der Waals surface area (Å²) in [6, 6.07) is 0.267. The highest BCUT2D eigenvalue weighted by atomic mass is 16.3. The molecule has 16 heavy (non-hydrogen) atoms. The van der Waals surface area contributed by atoms with Gasteiger partial charge in [-0.15, -0.1) is 0 Å². The van der Waals surface area contributed by atoms with E-state index >= 15 is 0 Å². The summed E-state index contributed by atoms with van der Waals surface area (Å²) in [5, 5.41) is 12.6. The van der Waals surface area contributed by atoms with Gasteiger partial charge in [0, 0.05) is 12.6 Å². The van der Waals surface area contributed by atoms with Crippen molar-refractivity contribution in [2.45, 2.75) is 52.2 Å². The summed E-state index contributed by atoms with van der Waals surface area (Å²) >= 11 is 0. The second kappa shape index (κ2) is 6.86. The van der Waals surface area contributed by atoms with Crippen molar-refractivity contribution < 1.29 is 9.90 Å². The molecule has 96 valence electrons. The van der Waals surface area contributed by atoms with Crippen molar-refractivity contribution in [3.8, 4) is 0 Å². The van der Waals surface area contributed by atoms with Crippen LogP contribution in [-0.4, -0.2) is 47.7 Å². The van der Waals surface area contributed by atoms with Crippen LogP contribution in [0.5, 0.6) is 0 Å². The van der Waals surface area contributed by atoms with Crippen LogP contribution >= 0.6 is 0 Å². The average molecular weight is 230 g/mol. The minimum atomic E-state index is -0.760. The zero-order valence-corrected chi connectivity index (χ0v) is 11.2. The minimum absolute atomic E-state index is 0.0282. The van der Waals surface area contributed by atoms with E-state index in [1.807, 2.05) is 11.9 Å².